The van der Waals surface area contributed by atoms with Gasteiger partial charge in [0.1, 0.15) is 5.01 Å². The third-order valence-corrected chi connectivity index (χ3v) is 5.55. The smallest absolute Gasteiger partial charge is 0.416 e. The van der Waals surface area contributed by atoms with Crippen molar-refractivity contribution in [3.05, 3.63) is 76.3 Å². The monoisotopic (exact) mass is 432 g/mol. The molecule has 30 heavy (non-hydrogen) atoms. The molecule has 1 N–H and O–H groups in total. The van der Waals surface area contributed by atoms with Crippen LogP contribution in [-0.4, -0.2) is 23.1 Å². The lowest BCUT2D eigenvalue weighted by molar-refractivity contribution is -0.137. The molecule has 0 bridgehead atoms. The number of carboxylic acids is 1. The van der Waals surface area contributed by atoms with Gasteiger partial charge in [0.25, 0.3) is 0 Å². The zero-order chi connectivity index (χ0) is 21.9. The molecule has 0 saturated heterocycles. The highest BCUT2D eigenvalue weighted by Gasteiger charge is 2.30. The van der Waals surface area contributed by atoms with Crippen LogP contribution in [0, 0.1) is 6.92 Å². The van der Waals surface area contributed by atoms with E-state index in [4.69, 9.17) is 5.11 Å². The summed E-state index contributed by atoms with van der Waals surface area (Å²) in [7, 11) is 1.92. The highest BCUT2D eigenvalue weighted by Crippen LogP contribution is 2.33. The first-order valence-corrected chi connectivity index (χ1v) is 9.81. The van der Waals surface area contributed by atoms with Gasteiger partial charge in [0.15, 0.2) is 0 Å². The normalized spacial score (nSPS) is 11.8. The number of rotatable bonds is 6. The molecule has 0 aliphatic rings. The number of hydrogen-bond acceptors (Lipinski definition) is 4. The molecular formula is C22H19F3N2O2S. The fraction of sp³-hybridized carbons (Fsp3) is 0.182. The highest BCUT2D eigenvalue weighted by atomic mass is 32.1. The standard InChI is InChI=1S/C22H19F3N2O2S/c1-14-19(13-27(2)18-10-3-15(4-11-18)5-12-20(28)29)26-21(30-14)16-6-8-17(9-7-16)22(23,24)25/h3-12H,13H2,1-2H3,(H,28,29)/b12-5+. The average Bonchev–Trinajstić information content (AvgIpc) is 3.06. The van der Waals surface area contributed by atoms with Crippen LogP contribution in [0.15, 0.2) is 54.6 Å². The summed E-state index contributed by atoms with van der Waals surface area (Å²) in [6.07, 6.45) is -1.75. The molecule has 8 heteroatoms. The zero-order valence-corrected chi connectivity index (χ0v) is 17.1. The molecule has 0 aliphatic heterocycles. The second kappa shape index (κ2) is 8.71. The number of hydrogen-bond donors (Lipinski definition) is 1. The van der Waals surface area contributed by atoms with Gasteiger partial charge in [-0.05, 0) is 42.8 Å². The van der Waals surface area contributed by atoms with Gasteiger partial charge >= 0.3 is 12.1 Å². The predicted octanol–water partition coefficient (Wildman–Crippen LogP) is 5.87. The SMILES string of the molecule is Cc1sc(-c2ccc(C(F)(F)F)cc2)nc1CN(C)c1ccc(/C=C/C(=O)O)cc1. The molecule has 1 heterocycles. The number of halogens is 3. The third kappa shape index (κ3) is 5.27. The van der Waals surface area contributed by atoms with E-state index in [0.29, 0.717) is 17.1 Å². The maximum atomic E-state index is 12.7. The summed E-state index contributed by atoms with van der Waals surface area (Å²) in [5.41, 5.74) is 2.54. The zero-order valence-electron chi connectivity index (χ0n) is 16.3. The van der Waals surface area contributed by atoms with Crippen molar-refractivity contribution in [1.29, 1.82) is 0 Å². The lowest BCUT2D eigenvalue weighted by Crippen LogP contribution is -2.17. The Labute approximate surface area is 175 Å². The molecule has 156 valence electrons. The Morgan fingerprint density at radius 3 is 2.33 bits per heavy atom. The van der Waals surface area contributed by atoms with Gasteiger partial charge in [-0.15, -0.1) is 11.3 Å². The maximum Gasteiger partial charge on any atom is 0.416 e. The van der Waals surface area contributed by atoms with E-state index in [-0.39, 0.29) is 0 Å². The maximum absolute atomic E-state index is 12.7. The van der Waals surface area contributed by atoms with Crippen LogP contribution in [0.2, 0.25) is 0 Å². The van der Waals surface area contributed by atoms with E-state index >= 15 is 0 Å². The van der Waals surface area contributed by atoms with Crippen LogP contribution >= 0.6 is 11.3 Å². The van der Waals surface area contributed by atoms with Crippen molar-refractivity contribution in [1.82, 2.24) is 4.98 Å². The van der Waals surface area contributed by atoms with Crippen LogP contribution in [0.3, 0.4) is 0 Å². The molecule has 0 unspecified atom stereocenters. The number of aryl methyl sites for hydroxylation is 1. The van der Waals surface area contributed by atoms with Crippen LogP contribution in [0.25, 0.3) is 16.6 Å². The molecule has 3 rings (SSSR count). The Balaban J connectivity index is 1.73. The average molecular weight is 432 g/mol. The van der Waals surface area contributed by atoms with Crippen molar-refractivity contribution in [3.8, 4) is 10.6 Å². The molecule has 3 aromatic rings. The van der Waals surface area contributed by atoms with E-state index in [0.717, 1.165) is 40.0 Å². The van der Waals surface area contributed by atoms with Crippen LogP contribution < -0.4 is 4.90 Å². The summed E-state index contributed by atoms with van der Waals surface area (Å²) in [4.78, 5) is 18.2. The van der Waals surface area contributed by atoms with Crippen LogP contribution in [0.5, 0.6) is 0 Å². The Morgan fingerprint density at radius 2 is 1.77 bits per heavy atom. The van der Waals surface area contributed by atoms with Crippen molar-refractivity contribution in [2.24, 2.45) is 0 Å². The van der Waals surface area contributed by atoms with E-state index < -0.39 is 17.7 Å². The summed E-state index contributed by atoms with van der Waals surface area (Å²) in [6, 6.07) is 12.5. The Morgan fingerprint density at radius 1 is 1.13 bits per heavy atom. The Kier molecular flexibility index (Phi) is 6.26. The van der Waals surface area contributed by atoms with Crippen LogP contribution in [0.1, 0.15) is 21.7 Å². The summed E-state index contributed by atoms with van der Waals surface area (Å²) in [5.74, 6) is -1.00. The van der Waals surface area contributed by atoms with E-state index in [9.17, 15) is 18.0 Å². The van der Waals surface area contributed by atoms with Gasteiger partial charge in [0, 0.05) is 29.3 Å². The quantitative estimate of drug-likeness (QED) is 0.495. The fourth-order valence-corrected chi connectivity index (χ4v) is 3.75. The van der Waals surface area contributed by atoms with Gasteiger partial charge in [-0.25, -0.2) is 9.78 Å². The van der Waals surface area contributed by atoms with Gasteiger partial charge in [0.05, 0.1) is 17.8 Å². The Bertz CT molecular complexity index is 1060. The predicted molar refractivity (Wildman–Crippen MR) is 113 cm³/mol. The van der Waals surface area contributed by atoms with Gasteiger partial charge in [-0.1, -0.05) is 24.3 Å². The molecule has 2 aromatic carbocycles. The molecule has 1 aromatic heterocycles. The van der Waals surface area contributed by atoms with Gasteiger partial charge < -0.3 is 10.0 Å². The van der Waals surface area contributed by atoms with Crippen molar-refractivity contribution in [3.63, 3.8) is 0 Å². The van der Waals surface area contributed by atoms with Gasteiger partial charge in [0.2, 0.25) is 0 Å². The summed E-state index contributed by atoms with van der Waals surface area (Å²) >= 11 is 1.45. The number of aromatic nitrogens is 1. The molecule has 0 aliphatic carbocycles. The molecular weight excluding hydrogens is 413 g/mol. The summed E-state index contributed by atoms with van der Waals surface area (Å²) in [5, 5.41) is 9.37. The highest BCUT2D eigenvalue weighted by molar-refractivity contribution is 7.15. The van der Waals surface area contributed by atoms with Crippen molar-refractivity contribution < 1.29 is 23.1 Å². The topological polar surface area (TPSA) is 53.4 Å². The first-order valence-electron chi connectivity index (χ1n) is 8.99. The first-order chi connectivity index (χ1) is 14.1. The molecule has 4 nitrogen and oxygen atoms in total. The number of anilines is 1. The number of thiazole rings is 1. The van der Waals surface area contributed by atoms with Crippen LogP contribution in [0.4, 0.5) is 18.9 Å². The van der Waals surface area contributed by atoms with E-state index in [1.165, 1.54) is 29.5 Å². The van der Waals surface area contributed by atoms with E-state index in [2.05, 4.69) is 4.98 Å². The minimum absolute atomic E-state index is 0.535. The molecule has 0 spiro atoms. The second-order valence-corrected chi connectivity index (χ2v) is 7.92. The van der Waals surface area contributed by atoms with Crippen LogP contribution in [-0.2, 0) is 17.5 Å². The molecule has 0 saturated carbocycles. The third-order valence-electron chi connectivity index (χ3n) is 4.49. The largest absolute Gasteiger partial charge is 0.478 e. The van der Waals surface area contributed by atoms with Crippen molar-refractivity contribution >= 4 is 29.1 Å². The molecule has 0 radical (unpaired) electrons. The van der Waals surface area contributed by atoms with Gasteiger partial charge in [-0.2, -0.15) is 13.2 Å². The second-order valence-electron chi connectivity index (χ2n) is 6.72. The molecule has 0 atom stereocenters. The minimum Gasteiger partial charge on any atom is -0.478 e. The number of aliphatic carboxylic acids is 1. The molecule has 0 amide bonds. The number of alkyl halides is 3. The number of benzene rings is 2. The van der Waals surface area contributed by atoms with Crippen molar-refractivity contribution in [2.45, 2.75) is 19.6 Å². The van der Waals surface area contributed by atoms with E-state index in [1.54, 1.807) is 0 Å². The lowest BCUT2D eigenvalue weighted by atomic mass is 10.1. The minimum atomic E-state index is -4.36. The van der Waals surface area contributed by atoms with Gasteiger partial charge in [-0.3, -0.25) is 0 Å². The first kappa shape index (κ1) is 21.6. The number of carbonyl (C=O) groups is 1. The molecule has 0 fully saturated rings. The van der Waals surface area contributed by atoms with Crippen molar-refractivity contribution in [2.75, 3.05) is 11.9 Å². The Hall–Kier alpha value is -3.13. The fourth-order valence-electron chi connectivity index (χ4n) is 2.82. The summed E-state index contributed by atoms with van der Waals surface area (Å²) < 4.78 is 38.2. The summed E-state index contributed by atoms with van der Waals surface area (Å²) in [6.45, 7) is 2.47. The van der Waals surface area contributed by atoms with E-state index in [1.807, 2.05) is 43.1 Å². The number of carboxylic acid groups (broad SMARTS) is 1. The number of nitrogens with zero attached hydrogens (tertiary/aromatic N) is 2. The lowest BCUT2D eigenvalue weighted by Gasteiger charge is -2.18.